The van der Waals surface area contributed by atoms with Gasteiger partial charge in [-0.1, -0.05) is 6.92 Å². The molecule has 1 aliphatic carbocycles. The standard InChI is InChI=1S/C9H14O4/c1-9-3-2-5(10)7(12)8(9)13-6(11)4-9/h5,7-8,10,12H,2-4H2,1H3/t5-,7-,8-,9-/m0/s1. The SMILES string of the molecule is C[C@@]12CC[C@H](O)[C@H](O)[C@@H]1OC(=O)C2. The maximum atomic E-state index is 11.1. The lowest BCUT2D eigenvalue weighted by molar-refractivity contribution is -0.157. The van der Waals surface area contributed by atoms with E-state index in [0.717, 1.165) is 6.42 Å². The molecule has 0 unspecified atom stereocenters. The number of rotatable bonds is 0. The van der Waals surface area contributed by atoms with E-state index in [-0.39, 0.29) is 11.4 Å². The second-order valence-electron chi connectivity index (χ2n) is 4.34. The summed E-state index contributed by atoms with van der Waals surface area (Å²) in [6.07, 6.45) is -0.522. The lowest BCUT2D eigenvalue weighted by Crippen LogP contribution is -2.49. The minimum absolute atomic E-state index is 0.263. The Hall–Kier alpha value is -0.610. The van der Waals surface area contributed by atoms with Crippen LogP contribution in [0.2, 0.25) is 0 Å². The second kappa shape index (κ2) is 2.69. The van der Waals surface area contributed by atoms with Crippen molar-refractivity contribution in [1.82, 2.24) is 0 Å². The molecular weight excluding hydrogens is 172 g/mol. The number of fused-ring (bicyclic) bond motifs is 1. The van der Waals surface area contributed by atoms with Crippen LogP contribution >= 0.6 is 0 Å². The predicted molar refractivity (Wildman–Crippen MR) is 43.9 cm³/mol. The quantitative estimate of drug-likeness (QED) is 0.515. The maximum absolute atomic E-state index is 11.1. The molecule has 0 aromatic carbocycles. The van der Waals surface area contributed by atoms with Crippen LogP contribution in [0.5, 0.6) is 0 Å². The Labute approximate surface area is 76.5 Å². The fraction of sp³-hybridized carbons (Fsp3) is 0.889. The van der Waals surface area contributed by atoms with Gasteiger partial charge in [0.1, 0.15) is 12.2 Å². The molecule has 1 heterocycles. The predicted octanol–water partition coefficient (Wildman–Crippen LogP) is -0.176. The van der Waals surface area contributed by atoms with E-state index in [1.807, 2.05) is 6.92 Å². The zero-order chi connectivity index (χ0) is 9.64. The molecule has 0 spiro atoms. The van der Waals surface area contributed by atoms with Crippen molar-refractivity contribution < 1.29 is 19.7 Å². The van der Waals surface area contributed by atoms with Gasteiger partial charge in [0.15, 0.2) is 0 Å². The molecule has 2 fully saturated rings. The summed E-state index contributed by atoms with van der Waals surface area (Å²) >= 11 is 0. The second-order valence-corrected chi connectivity index (χ2v) is 4.34. The Balaban J connectivity index is 2.23. The number of ether oxygens (including phenoxy) is 1. The molecular formula is C9H14O4. The van der Waals surface area contributed by atoms with Crippen LogP contribution in [0.3, 0.4) is 0 Å². The lowest BCUT2D eigenvalue weighted by Gasteiger charge is -2.39. The van der Waals surface area contributed by atoms with Crippen LogP contribution < -0.4 is 0 Å². The summed E-state index contributed by atoms with van der Waals surface area (Å²) < 4.78 is 5.00. The Morgan fingerprint density at radius 2 is 2.23 bits per heavy atom. The summed E-state index contributed by atoms with van der Waals surface area (Å²) in [4.78, 5) is 11.1. The van der Waals surface area contributed by atoms with Crippen molar-refractivity contribution in [2.45, 2.75) is 44.5 Å². The molecule has 0 aromatic rings. The minimum Gasteiger partial charge on any atom is -0.459 e. The third-order valence-corrected chi connectivity index (χ3v) is 3.21. The first-order valence-corrected chi connectivity index (χ1v) is 4.58. The van der Waals surface area contributed by atoms with Gasteiger partial charge in [-0.05, 0) is 12.8 Å². The maximum Gasteiger partial charge on any atom is 0.306 e. The fourth-order valence-electron chi connectivity index (χ4n) is 2.32. The average molecular weight is 186 g/mol. The van der Waals surface area contributed by atoms with E-state index in [1.54, 1.807) is 0 Å². The Morgan fingerprint density at radius 3 is 2.92 bits per heavy atom. The van der Waals surface area contributed by atoms with E-state index in [9.17, 15) is 15.0 Å². The molecule has 0 radical (unpaired) electrons. The van der Waals surface area contributed by atoms with E-state index >= 15 is 0 Å². The van der Waals surface area contributed by atoms with Crippen molar-refractivity contribution in [2.75, 3.05) is 0 Å². The first-order valence-electron chi connectivity index (χ1n) is 4.58. The van der Waals surface area contributed by atoms with E-state index in [4.69, 9.17) is 4.74 Å². The highest BCUT2D eigenvalue weighted by molar-refractivity contribution is 5.73. The normalized spacial score (nSPS) is 50.1. The van der Waals surface area contributed by atoms with Gasteiger partial charge in [-0.15, -0.1) is 0 Å². The largest absolute Gasteiger partial charge is 0.459 e. The van der Waals surface area contributed by atoms with Crippen LogP contribution in [0.4, 0.5) is 0 Å². The smallest absolute Gasteiger partial charge is 0.306 e. The molecule has 74 valence electrons. The first kappa shape index (κ1) is 8.97. The average Bonchev–Trinajstić information content (AvgIpc) is 2.36. The van der Waals surface area contributed by atoms with Crippen molar-refractivity contribution in [3.05, 3.63) is 0 Å². The van der Waals surface area contributed by atoms with Crippen LogP contribution in [-0.4, -0.2) is 34.5 Å². The first-order chi connectivity index (χ1) is 6.03. The third kappa shape index (κ3) is 1.25. The summed E-state index contributed by atoms with van der Waals surface area (Å²) in [5.41, 5.74) is -0.268. The van der Waals surface area contributed by atoms with Gasteiger partial charge < -0.3 is 14.9 Å². The molecule has 0 amide bonds. The monoisotopic (exact) mass is 186 g/mol. The van der Waals surface area contributed by atoms with Crippen molar-refractivity contribution >= 4 is 5.97 Å². The van der Waals surface area contributed by atoms with Gasteiger partial charge in [-0.3, -0.25) is 4.79 Å². The van der Waals surface area contributed by atoms with Gasteiger partial charge in [0.2, 0.25) is 0 Å². The van der Waals surface area contributed by atoms with Gasteiger partial charge in [-0.25, -0.2) is 0 Å². The highest BCUT2D eigenvalue weighted by atomic mass is 16.6. The zero-order valence-electron chi connectivity index (χ0n) is 7.56. The van der Waals surface area contributed by atoms with E-state index < -0.39 is 18.3 Å². The number of carbonyl (C=O) groups is 1. The molecule has 4 nitrogen and oxygen atoms in total. The van der Waals surface area contributed by atoms with E-state index in [0.29, 0.717) is 12.8 Å². The Bertz CT molecular complexity index is 240. The van der Waals surface area contributed by atoms with E-state index in [1.165, 1.54) is 0 Å². The summed E-state index contributed by atoms with van der Waals surface area (Å²) in [6, 6.07) is 0. The Morgan fingerprint density at radius 1 is 1.54 bits per heavy atom. The number of hydrogen-bond acceptors (Lipinski definition) is 4. The number of aliphatic hydroxyl groups is 2. The van der Waals surface area contributed by atoms with Crippen LogP contribution in [0.25, 0.3) is 0 Å². The van der Waals surface area contributed by atoms with Gasteiger partial charge in [0.25, 0.3) is 0 Å². The molecule has 1 saturated carbocycles. The number of esters is 1. The molecule has 2 aliphatic rings. The van der Waals surface area contributed by atoms with Crippen LogP contribution in [0.1, 0.15) is 26.2 Å². The fourth-order valence-corrected chi connectivity index (χ4v) is 2.32. The molecule has 0 aromatic heterocycles. The van der Waals surface area contributed by atoms with Crippen molar-refractivity contribution in [3.8, 4) is 0 Å². The number of aliphatic hydroxyl groups excluding tert-OH is 2. The van der Waals surface area contributed by atoms with Crippen LogP contribution in [0.15, 0.2) is 0 Å². The van der Waals surface area contributed by atoms with Gasteiger partial charge in [0.05, 0.1) is 12.5 Å². The summed E-state index contributed by atoms with van der Waals surface area (Å²) in [6.45, 7) is 1.93. The lowest BCUT2D eigenvalue weighted by atomic mass is 9.70. The molecule has 2 N–H and O–H groups in total. The molecule has 13 heavy (non-hydrogen) atoms. The van der Waals surface area contributed by atoms with Crippen LogP contribution in [-0.2, 0) is 9.53 Å². The summed E-state index contributed by atoms with van der Waals surface area (Å²) in [5.74, 6) is -0.263. The number of carbonyl (C=O) groups excluding carboxylic acids is 1. The van der Waals surface area contributed by atoms with Crippen molar-refractivity contribution in [1.29, 1.82) is 0 Å². The topological polar surface area (TPSA) is 66.8 Å². The Kier molecular flexibility index (Phi) is 1.85. The molecule has 4 atom stereocenters. The van der Waals surface area contributed by atoms with Gasteiger partial charge in [0, 0.05) is 5.41 Å². The molecule has 1 aliphatic heterocycles. The number of hydrogen-bond donors (Lipinski definition) is 2. The zero-order valence-corrected chi connectivity index (χ0v) is 7.56. The highest BCUT2D eigenvalue weighted by Crippen LogP contribution is 2.45. The van der Waals surface area contributed by atoms with Crippen LogP contribution in [0, 0.1) is 5.41 Å². The molecule has 0 bridgehead atoms. The minimum atomic E-state index is -0.912. The van der Waals surface area contributed by atoms with Crippen molar-refractivity contribution in [2.24, 2.45) is 5.41 Å². The highest BCUT2D eigenvalue weighted by Gasteiger charge is 2.53. The van der Waals surface area contributed by atoms with Crippen molar-refractivity contribution in [3.63, 3.8) is 0 Å². The molecule has 2 rings (SSSR count). The van der Waals surface area contributed by atoms with Gasteiger partial charge >= 0.3 is 5.97 Å². The summed E-state index contributed by atoms with van der Waals surface area (Å²) in [5, 5.41) is 19.0. The summed E-state index contributed by atoms with van der Waals surface area (Å²) in [7, 11) is 0. The molecule has 1 saturated heterocycles. The third-order valence-electron chi connectivity index (χ3n) is 3.21. The van der Waals surface area contributed by atoms with Gasteiger partial charge in [-0.2, -0.15) is 0 Å². The molecule has 4 heteroatoms. The van der Waals surface area contributed by atoms with E-state index in [2.05, 4.69) is 0 Å².